The molecule has 0 amide bonds. The molecule has 0 aliphatic heterocycles. The number of rotatable bonds is 7. The second kappa shape index (κ2) is 7.26. The third kappa shape index (κ3) is 5.00. The number of nitrogens with one attached hydrogen (secondary N) is 1. The molecule has 1 aromatic carbocycles. The van der Waals surface area contributed by atoms with Crippen LogP contribution in [0.3, 0.4) is 0 Å². The largest absolute Gasteiger partial charge is 0.417 e. The molecule has 0 radical (unpaired) electrons. The van der Waals surface area contributed by atoms with E-state index in [2.05, 4.69) is 5.32 Å². The van der Waals surface area contributed by atoms with Gasteiger partial charge in [-0.05, 0) is 25.1 Å². The number of hydrogen-bond donors (Lipinski definition) is 1. The number of alkyl halides is 3. The van der Waals surface area contributed by atoms with Crippen molar-refractivity contribution >= 4 is 9.84 Å². The summed E-state index contributed by atoms with van der Waals surface area (Å²) >= 11 is 0. The Morgan fingerprint density at radius 2 is 1.81 bits per heavy atom. The van der Waals surface area contributed by atoms with E-state index in [1.807, 2.05) is 13.8 Å². The Hall–Kier alpha value is -1.08. The molecular formula is C14H20F3NO2S. The maximum atomic E-state index is 12.9. The first-order valence-corrected chi connectivity index (χ1v) is 8.50. The van der Waals surface area contributed by atoms with Gasteiger partial charge in [-0.15, -0.1) is 0 Å². The van der Waals surface area contributed by atoms with Gasteiger partial charge in [0.2, 0.25) is 0 Å². The van der Waals surface area contributed by atoms with Gasteiger partial charge in [0.1, 0.15) is 0 Å². The minimum atomic E-state index is -4.68. The average molecular weight is 323 g/mol. The fraction of sp³-hybridized carbons (Fsp3) is 0.571. The van der Waals surface area contributed by atoms with Crippen LogP contribution in [0.5, 0.6) is 0 Å². The molecule has 1 unspecified atom stereocenters. The molecule has 0 bridgehead atoms. The molecule has 120 valence electrons. The van der Waals surface area contributed by atoms with E-state index < -0.39 is 26.5 Å². The minimum Gasteiger partial charge on any atom is -0.313 e. The molecule has 3 nitrogen and oxygen atoms in total. The number of sulfone groups is 1. The maximum absolute atomic E-state index is 12.9. The lowest BCUT2D eigenvalue weighted by molar-refractivity contribution is -0.139. The lowest BCUT2D eigenvalue weighted by Gasteiger charge is -2.19. The summed E-state index contributed by atoms with van der Waals surface area (Å²) in [6.07, 6.45) is -3.32. The van der Waals surface area contributed by atoms with Crippen LogP contribution in [0, 0.1) is 0 Å². The molecule has 0 saturated carbocycles. The molecule has 1 rings (SSSR count). The first-order chi connectivity index (χ1) is 9.72. The molecule has 0 spiro atoms. The Bertz CT molecular complexity index is 550. The Morgan fingerprint density at radius 3 is 2.33 bits per heavy atom. The van der Waals surface area contributed by atoms with E-state index in [1.165, 1.54) is 12.1 Å². The van der Waals surface area contributed by atoms with Crippen LogP contribution < -0.4 is 5.32 Å². The predicted molar refractivity (Wildman–Crippen MR) is 75.9 cm³/mol. The standard InChI is InChI=1S/C14H20F3NO2S/c1-3-7-11(18-4-2)10-21(19,20)13-9-6-5-8-12(13)14(15,16)17/h5-6,8-9,11,18H,3-4,7,10H2,1-2H3. The monoisotopic (exact) mass is 323 g/mol. The molecule has 1 atom stereocenters. The summed E-state index contributed by atoms with van der Waals surface area (Å²) in [4.78, 5) is -0.642. The van der Waals surface area contributed by atoms with Crippen molar-refractivity contribution in [3.05, 3.63) is 29.8 Å². The first-order valence-electron chi connectivity index (χ1n) is 6.84. The SMILES string of the molecule is CCCC(CS(=O)(=O)c1ccccc1C(F)(F)F)NCC. The van der Waals surface area contributed by atoms with Crippen LogP contribution in [0.4, 0.5) is 13.2 Å². The normalized spacial score (nSPS) is 14.1. The van der Waals surface area contributed by atoms with Crippen molar-refractivity contribution in [2.75, 3.05) is 12.3 Å². The van der Waals surface area contributed by atoms with Gasteiger partial charge in [0.05, 0.1) is 16.2 Å². The van der Waals surface area contributed by atoms with Gasteiger partial charge >= 0.3 is 6.18 Å². The van der Waals surface area contributed by atoms with E-state index in [4.69, 9.17) is 0 Å². The second-order valence-corrected chi connectivity index (χ2v) is 6.82. The summed E-state index contributed by atoms with van der Waals surface area (Å²) in [6.45, 7) is 4.31. The van der Waals surface area contributed by atoms with E-state index in [9.17, 15) is 21.6 Å². The average Bonchev–Trinajstić information content (AvgIpc) is 2.38. The first kappa shape index (κ1) is 18.0. The van der Waals surface area contributed by atoms with Crippen LogP contribution >= 0.6 is 0 Å². The molecular weight excluding hydrogens is 303 g/mol. The van der Waals surface area contributed by atoms with Crippen molar-refractivity contribution in [1.29, 1.82) is 0 Å². The highest BCUT2D eigenvalue weighted by Gasteiger charge is 2.37. The zero-order valence-electron chi connectivity index (χ0n) is 12.1. The summed E-state index contributed by atoms with van der Waals surface area (Å²) in [5.74, 6) is -0.332. The fourth-order valence-electron chi connectivity index (χ4n) is 2.21. The third-order valence-electron chi connectivity index (χ3n) is 3.08. The van der Waals surface area contributed by atoms with Gasteiger partial charge in [0.25, 0.3) is 0 Å². The van der Waals surface area contributed by atoms with E-state index in [0.717, 1.165) is 18.6 Å². The van der Waals surface area contributed by atoms with Crippen molar-refractivity contribution < 1.29 is 21.6 Å². The van der Waals surface area contributed by atoms with Gasteiger partial charge < -0.3 is 5.32 Å². The van der Waals surface area contributed by atoms with E-state index in [0.29, 0.717) is 13.0 Å². The number of halogens is 3. The molecule has 0 aliphatic carbocycles. The molecule has 1 aromatic rings. The molecule has 0 aromatic heterocycles. The second-order valence-electron chi connectivity index (χ2n) is 4.82. The Labute approximate surface area is 123 Å². The van der Waals surface area contributed by atoms with Crippen molar-refractivity contribution in [1.82, 2.24) is 5.32 Å². The van der Waals surface area contributed by atoms with Crippen LogP contribution in [-0.2, 0) is 16.0 Å². The van der Waals surface area contributed by atoms with Crippen LogP contribution in [0.2, 0.25) is 0 Å². The van der Waals surface area contributed by atoms with E-state index in [-0.39, 0.29) is 11.8 Å². The van der Waals surface area contributed by atoms with Crippen LogP contribution in [0.1, 0.15) is 32.3 Å². The van der Waals surface area contributed by atoms with Gasteiger partial charge in [-0.3, -0.25) is 0 Å². The quantitative estimate of drug-likeness (QED) is 0.838. The molecule has 0 aliphatic rings. The van der Waals surface area contributed by atoms with Gasteiger partial charge in [0.15, 0.2) is 9.84 Å². The summed E-state index contributed by atoms with van der Waals surface area (Å²) in [6, 6.07) is 3.98. The number of benzene rings is 1. The van der Waals surface area contributed by atoms with Gasteiger partial charge in [-0.25, -0.2) is 8.42 Å². The molecule has 1 N–H and O–H groups in total. The highest BCUT2D eigenvalue weighted by molar-refractivity contribution is 7.91. The zero-order chi connectivity index (χ0) is 16.1. The van der Waals surface area contributed by atoms with Gasteiger partial charge in [-0.1, -0.05) is 32.4 Å². The summed E-state index contributed by atoms with van der Waals surface area (Å²) in [7, 11) is -4.00. The number of hydrogen-bond acceptors (Lipinski definition) is 3. The van der Waals surface area contributed by atoms with E-state index >= 15 is 0 Å². The molecule has 0 saturated heterocycles. The highest BCUT2D eigenvalue weighted by atomic mass is 32.2. The van der Waals surface area contributed by atoms with Crippen molar-refractivity contribution in [3.63, 3.8) is 0 Å². The minimum absolute atomic E-state index is 0.332. The maximum Gasteiger partial charge on any atom is 0.417 e. The fourth-order valence-corrected chi connectivity index (χ4v) is 4.01. The van der Waals surface area contributed by atoms with Gasteiger partial charge in [0, 0.05) is 6.04 Å². The zero-order valence-corrected chi connectivity index (χ0v) is 12.9. The predicted octanol–water partition coefficient (Wildman–Crippen LogP) is 3.26. The molecule has 0 heterocycles. The summed E-state index contributed by atoms with van der Waals surface area (Å²) in [5, 5.41) is 3.01. The summed E-state index contributed by atoms with van der Waals surface area (Å²) in [5.41, 5.74) is -1.10. The highest BCUT2D eigenvalue weighted by Crippen LogP contribution is 2.34. The molecule has 0 fully saturated rings. The van der Waals surface area contributed by atoms with Crippen LogP contribution in [0.15, 0.2) is 29.2 Å². The Morgan fingerprint density at radius 1 is 1.19 bits per heavy atom. The van der Waals surface area contributed by atoms with Crippen molar-refractivity contribution in [3.8, 4) is 0 Å². The topological polar surface area (TPSA) is 46.2 Å². The molecule has 21 heavy (non-hydrogen) atoms. The lowest BCUT2D eigenvalue weighted by Crippen LogP contribution is -2.36. The lowest BCUT2D eigenvalue weighted by atomic mass is 10.2. The Balaban J connectivity index is 3.13. The van der Waals surface area contributed by atoms with Crippen molar-refractivity contribution in [2.24, 2.45) is 0 Å². The smallest absolute Gasteiger partial charge is 0.313 e. The summed E-state index contributed by atoms with van der Waals surface area (Å²) < 4.78 is 63.4. The van der Waals surface area contributed by atoms with E-state index in [1.54, 1.807) is 0 Å². The third-order valence-corrected chi connectivity index (χ3v) is 4.95. The van der Waals surface area contributed by atoms with Gasteiger partial charge in [-0.2, -0.15) is 13.2 Å². The van der Waals surface area contributed by atoms with Crippen molar-refractivity contribution in [2.45, 2.75) is 43.8 Å². The Kier molecular flexibility index (Phi) is 6.22. The molecule has 7 heteroatoms. The van der Waals surface area contributed by atoms with Crippen LogP contribution in [0.25, 0.3) is 0 Å². The van der Waals surface area contributed by atoms with Crippen LogP contribution in [-0.4, -0.2) is 26.8 Å².